The van der Waals surface area contributed by atoms with Crippen molar-refractivity contribution in [3.8, 4) is 0 Å². The van der Waals surface area contributed by atoms with E-state index in [4.69, 9.17) is 0 Å². The summed E-state index contributed by atoms with van der Waals surface area (Å²) < 4.78 is 1.97. The molecule has 5 nitrogen and oxygen atoms in total. The maximum Gasteiger partial charge on any atom is 0.134 e. The Morgan fingerprint density at radius 1 is 1.39 bits per heavy atom. The van der Waals surface area contributed by atoms with Gasteiger partial charge in [-0.1, -0.05) is 6.07 Å². The lowest BCUT2D eigenvalue weighted by atomic mass is 10.1. The minimum absolute atomic E-state index is 0.530. The molecule has 2 aromatic heterocycles. The van der Waals surface area contributed by atoms with Crippen LogP contribution in [0.4, 0.5) is 5.82 Å². The van der Waals surface area contributed by atoms with Gasteiger partial charge < -0.3 is 14.6 Å². The van der Waals surface area contributed by atoms with Gasteiger partial charge in [0.25, 0.3) is 0 Å². The topological polar surface area (TPSA) is 54.2 Å². The van der Waals surface area contributed by atoms with Gasteiger partial charge in [0, 0.05) is 38.2 Å². The van der Waals surface area contributed by atoms with E-state index in [-0.39, 0.29) is 0 Å². The summed E-state index contributed by atoms with van der Waals surface area (Å²) in [5, 5.41) is 9.75. The van der Waals surface area contributed by atoms with Crippen LogP contribution >= 0.6 is 0 Å². The van der Waals surface area contributed by atoms with Crippen LogP contribution in [0.2, 0.25) is 0 Å². The molecule has 0 aliphatic rings. The van der Waals surface area contributed by atoms with E-state index in [0.29, 0.717) is 6.54 Å². The monoisotopic (exact) mass is 246 g/mol. The lowest BCUT2D eigenvalue weighted by molar-refractivity contribution is 0.199. The van der Waals surface area contributed by atoms with E-state index < -0.39 is 6.10 Å². The average molecular weight is 246 g/mol. The van der Waals surface area contributed by atoms with Crippen LogP contribution < -0.4 is 4.90 Å². The Morgan fingerprint density at radius 3 is 2.78 bits per heavy atom. The fourth-order valence-electron chi connectivity index (χ4n) is 1.89. The zero-order chi connectivity index (χ0) is 13.1. The molecule has 0 radical (unpaired) electrons. The minimum Gasteiger partial charge on any atom is -0.389 e. The SMILES string of the molecule is C[C@@H](O)c1cccnc1N(C)Cc1nccn1C. The smallest absolute Gasteiger partial charge is 0.134 e. The number of aliphatic hydroxyl groups excluding tert-OH is 1. The fraction of sp³-hybridized carbons (Fsp3) is 0.385. The highest BCUT2D eigenvalue weighted by molar-refractivity contribution is 5.47. The number of aliphatic hydroxyl groups is 1. The molecule has 2 aromatic rings. The molecule has 0 amide bonds. The number of rotatable bonds is 4. The van der Waals surface area contributed by atoms with Gasteiger partial charge in [0.15, 0.2) is 0 Å². The molecule has 0 saturated carbocycles. The van der Waals surface area contributed by atoms with Gasteiger partial charge in [-0.3, -0.25) is 0 Å². The minimum atomic E-state index is -0.530. The molecule has 2 rings (SSSR count). The lowest BCUT2D eigenvalue weighted by Crippen LogP contribution is -2.22. The number of anilines is 1. The molecular weight excluding hydrogens is 228 g/mol. The first kappa shape index (κ1) is 12.6. The van der Waals surface area contributed by atoms with Gasteiger partial charge in [0.05, 0.1) is 12.6 Å². The molecule has 0 bridgehead atoms. The Kier molecular flexibility index (Phi) is 3.62. The van der Waals surface area contributed by atoms with Crippen LogP contribution in [0.15, 0.2) is 30.7 Å². The Morgan fingerprint density at radius 2 is 2.17 bits per heavy atom. The summed E-state index contributed by atoms with van der Waals surface area (Å²) in [5.41, 5.74) is 0.828. The third-order valence-corrected chi connectivity index (χ3v) is 2.93. The van der Waals surface area contributed by atoms with Crippen LogP contribution in [0.25, 0.3) is 0 Å². The molecule has 0 unspecified atom stereocenters. The van der Waals surface area contributed by atoms with Gasteiger partial charge in [-0.2, -0.15) is 0 Å². The number of aryl methyl sites for hydroxylation is 1. The van der Waals surface area contributed by atoms with Crippen molar-refractivity contribution in [3.63, 3.8) is 0 Å². The highest BCUT2D eigenvalue weighted by Gasteiger charge is 2.14. The normalized spacial score (nSPS) is 12.4. The molecule has 5 heteroatoms. The van der Waals surface area contributed by atoms with E-state index in [1.807, 2.05) is 41.9 Å². The van der Waals surface area contributed by atoms with Gasteiger partial charge in [-0.05, 0) is 13.0 Å². The predicted molar refractivity (Wildman–Crippen MR) is 70.2 cm³/mol. The molecule has 0 aliphatic heterocycles. The number of imidazole rings is 1. The number of nitrogens with zero attached hydrogens (tertiary/aromatic N) is 4. The molecule has 2 heterocycles. The predicted octanol–water partition coefficient (Wildman–Crippen LogP) is 1.50. The van der Waals surface area contributed by atoms with Gasteiger partial charge in [-0.15, -0.1) is 0 Å². The van der Waals surface area contributed by atoms with Crippen molar-refractivity contribution in [2.45, 2.75) is 19.6 Å². The van der Waals surface area contributed by atoms with Crippen molar-refractivity contribution < 1.29 is 5.11 Å². The molecular formula is C13H18N4O. The summed E-state index contributed by atoms with van der Waals surface area (Å²) in [5.74, 6) is 1.75. The van der Waals surface area contributed by atoms with E-state index >= 15 is 0 Å². The second kappa shape index (κ2) is 5.18. The second-order valence-electron chi connectivity index (χ2n) is 4.40. The van der Waals surface area contributed by atoms with Crippen molar-refractivity contribution in [2.24, 2.45) is 7.05 Å². The van der Waals surface area contributed by atoms with Crippen LogP contribution in [0.3, 0.4) is 0 Å². The highest BCUT2D eigenvalue weighted by Crippen LogP contribution is 2.23. The van der Waals surface area contributed by atoms with Crippen LogP contribution in [0.5, 0.6) is 0 Å². The highest BCUT2D eigenvalue weighted by atomic mass is 16.3. The maximum absolute atomic E-state index is 9.75. The van der Waals surface area contributed by atoms with Gasteiger partial charge in [0.2, 0.25) is 0 Å². The van der Waals surface area contributed by atoms with E-state index in [0.717, 1.165) is 17.2 Å². The second-order valence-corrected chi connectivity index (χ2v) is 4.40. The quantitative estimate of drug-likeness (QED) is 0.888. The molecule has 0 fully saturated rings. The summed E-state index contributed by atoms with van der Waals surface area (Å²) in [6.07, 6.45) is 4.89. The van der Waals surface area contributed by atoms with Crippen LogP contribution in [-0.4, -0.2) is 26.7 Å². The molecule has 18 heavy (non-hydrogen) atoms. The lowest BCUT2D eigenvalue weighted by Gasteiger charge is -2.21. The van der Waals surface area contributed by atoms with Crippen molar-refractivity contribution in [3.05, 3.63) is 42.1 Å². The van der Waals surface area contributed by atoms with Crippen LogP contribution in [0.1, 0.15) is 24.4 Å². The fourth-order valence-corrected chi connectivity index (χ4v) is 1.89. The Labute approximate surface area is 107 Å². The van der Waals surface area contributed by atoms with Crippen molar-refractivity contribution in [1.82, 2.24) is 14.5 Å². The van der Waals surface area contributed by atoms with E-state index in [2.05, 4.69) is 9.97 Å². The third-order valence-electron chi connectivity index (χ3n) is 2.93. The van der Waals surface area contributed by atoms with Crippen molar-refractivity contribution >= 4 is 5.82 Å². The first-order chi connectivity index (χ1) is 8.59. The van der Waals surface area contributed by atoms with Gasteiger partial charge in [-0.25, -0.2) is 9.97 Å². The molecule has 1 atom stereocenters. The summed E-state index contributed by atoms with van der Waals surface area (Å²) in [4.78, 5) is 10.6. The van der Waals surface area contributed by atoms with Crippen molar-refractivity contribution in [2.75, 3.05) is 11.9 Å². The molecule has 96 valence electrons. The zero-order valence-electron chi connectivity index (χ0n) is 10.9. The van der Waals surface area contributed by atoms with Crippen LogP contribution in [0, 0.1) is 0 Å². The van der Waals surface area contributed by atoms with E-state index in [1.54, 1.807) is 19.3 Å². The molecule has 1 N–H and O–H groups in total. The molecule has 0 aromatic carbocycles. The first-order valence-electron chi connectivity index (χ1n) is 5.90. The molecule has 0 spiro atoms. The Balaban J connectivity index is 2.24. The third kappa shape index (κ3) is 2.51. The standard InChI is InChI=1S/C13H18N4O/c1-10(18)11-5-4-6-15-13(11)17(3)9-12-14-7-8-16(12)2/h4-8,10,18H,9H2,1-3H3/t10-/m1/s1. The summed E-state index contributed by atoms with van der Waals surface area (Å²) in [7, 11) is 3.91. The summed E-state index contributed by atoms with van der Waals surface area (Å²) in [6.45, 7) is 2.40. The molecule has 0 aliphatic carbocycles. The van der Waals surface area contributed by atoms with Gasteiger partial charge in [0.1, 0.15) is 11.6 Å². The largest absolute Gasteiger partial charge is 0.389 e. The first-order valence-corrected chi connectivity index (χ1v) is 5.90. The van der Waals surface area contributed by atoms with Crippen LogP contribution in [-0.2, 0) is 13.6 Å². The van der Waals surface area contributed by atoms with E-state index in [1.165, 1.54) is 0 Å². The molecule has 0 saturated heterocycles. The summed E-state index contributed by atoms with van der Waals surface area (Å²) >= 11 is 0. The zero-order valence-corrected chi connectivity index (χ0v) is 10.9. The average Bonchev–Trinajstić information content (AvgIpc) is 2.75. The number of hydrogen-bond donors (Lipinski definition) is 1. The number of pyridine rings is 1. The van der Waals surface area contributed by atoms with Crippen molar-refractivity contribution in [1.29, 1.82) is 0 Å². The summed E-state index contributed by atoms with van der Waals surface area (Å²) in [6, 6.07) is 3.72. The van der Waals surface area contributed by atoms with Gasteiger partial charge >= 0.3 is 0 Å². The maximum atomic E-state index is 9.75. The number of aromatic nitrogens is 3. The number of hydrogen-bond acceptors (Lipinski definition) is 4. The van der Waals surface area contributed by atoms with E-state index in [9.17, 15) is 5.11 Å². The Hall–Kier alpha value is -1.88. The Bertz CT molecular complexity index is 521.